The number of hydrogen-bond acceptors (Lipinski definition) is 4. The van der Waals surface area contributed by atoms with Crippen molar-refractivity contribution in [2.24, 2.45) is 0 Å². The number of nitrogens with zero attached hydrogens (tertiary/aromatic N) is 2. The average Bonchev–Trinajstić information content (AvgIpc) is 2.41. The lowest BCUT2D eigenvalue weighted by Crippen LogP contribution is -2.07. The van der Waals surface area contributed by atoms with E-state index in [4.69, 9.17) is 5.26 Å². The highest BCUT2D eigenvalue weighted by Crippen LogP contribution is 2.21. The standard InChI is InChI=1S/C15H14N2O2S/c1-11-3-4-12(2)15(7-11)20(18,19)10-13-5-6-17-14(8-13)9-16/h3-8H,10H2,1-2H3. The SMILES string of the molecule is Cc1ccc(C)c(S(=O)(=O)Cc2ccnc(C#N)c2)c1. The predicted octanol–water partition coefficient (Wildman–Crippen LogP) is 2.54. The van der Waals surface area contributed by atoms with Crippen LogP contribution in [-0.4, -0.2) is 13.4 Å². The summed E-state index contributed by atoms with van der Waals surface area (Å²) in [5.74, 6) is -0.130. The number of hydrogen-bond donors (Lipinski definition) is 0. The van der Waals surface area contributed by atoms with Crippen molar-refractivity contribution in [1.29, 1.82) is 5.26 Å². The zero-order chi connectivity index (χ0) is 14.8. The summed E-state index contributed by atoms with van der Waals surface area (Å²) in [6.07, 6.45) is 1.45. The van der Waals surface area contributed by atoms with Crippen molar-refractivity contribution in [3.05, 3.63) is 58.9 Å². The monoisotopic (exact) mass is 286 g/mol. The van der Waals surface area contributed by atoms with Gasteiger partial charge in [0.15, 0.2) is 9.84 Å². The molecule has 0 aliphatic heterocycles. The molecule has 0 spiro atoms. The first kappa shape index (κ1) is 14.2. The van der Waals surface area contributed by atoms with Crippen LogP contribution in [0.25, 0.3) is 0 Å². The Kier molecular flexibility index (Phi) is 3.86. The fourth-order valence-corrected chi connectivity index (χ4v) is 3.66. The Morgan fingerprint density at radius 3 is 2.65 bits per heavy atom. The van der Waals surface area contributed by atoms with Crippen molar-refractivity contribution in [2.75, 3.05) is 0 Å². The molecule has 20 heavy (non-hydrogen) atoms. The lowest BCUT2D eigenvalue weighted by Gasteiger charge is -2.09. The fourth-order valence-electron chi connectivity index (χ4n) is 1.96. The summed E-state index contributed by atoms with van der Waals surface area (Å²) in [7, 11) is -3.43. The van der Waals surface area contributed by atoms with Gasteiger partial charge in [0.1, 0.15) is 11.8 Å². The van der Waals surface area contributed by atoms with Gasteiger partial charge in [0.25, 0.3) is 0 Å². The van der Waals surface area contributed by atoms with Gasteiger partial charge in [-0.25, -0.2) is 13.4 Å². The summed E-state index contributed by atoms with van der Waals surface area (Å²) < 4.78 is 24.9. The molecule has 0 N–H and O–H groups in total. The van der Waals surface area contributed by atoms with Gasteiger partial charge in [-0.2, -0.15) is 5.26 Å². The normalized spacial score (nSPS) is 11.1. The minimum Gasteiger partial charge on any atom is -0.246 e. The molecule has 0 saturated carbocycles. The number of benzene rings is 1. The van der Waals surface area contributed by atoms with E-state index in [0.717, 1.165) is 11.1 Å². The van der Waals surface area contributed by atoms with E-state index < -0.39 is 9.84 Å². The third kappa shape index (κ3) is 3.03. The highest BCUT2D eigenvalue weighted by molar-refractivity contribution is 7.90. The topological polar surface area (TPSA) is 70.8 Å². The molecule has 0 atom stereocenters. The first-order chi connectivity index (χ1) is 9.42. The van der Waals surface area contributed by atoms with E-state index in [1.165, 1.54) is 12.3 Å². The molecule has 0 aliphatic rings. The Labute approximate surface area is 118 Å². The third-order valence-corrected chi connectivity index (χ3v) is 4.80. The van der Waals surface area contributed by atoms with Gasteiger partial charge in [0, 0.05) is 6.20 Å². The molecular formula is C15H14N2O2S. The van der Waals surface area contributed by atoms with E-state index in [1.807, 2.05) is 19.1 Å². The van der Waals surface area contributed by atoms with Crippen LogP contribution in [0.4, 0.5) is 0 Å². The second-order valence-corrected chi connectivity index (χ2v) is 6.65. The van der Waals surface area contributed by atoms with E-state index in [0.29, 0.717) is 10.5 Å². The minimum absolute atomic E-state index is 0.130. The van der Waals surface area contributed by atoms with Gasteiger partial charge in [0.2, 0.25) is 0 Å². The Balaban J connectivity index is 2.41. The summed E-state index contributed by atoms with van der Waals surface area (Å²) in [6.45, 7) is 3.64. The molecule has 2 rings (SSSR count). The quantitative estimate of drug-likeness (QED) is 0.869. The third-order valence-electron chi connectivity index (χ3n) is 2.97. The molecule has 5 heteroatoms. The van der Waals surface area contributed by atoms with Gasteiger partial charge >= 0.3 is 0 Å². The predicted molar refractivity (Wildman–Crippen MR) is 75.8 cm³/mol. The summed E-state index contributed by atoms with van der Waals surface area (Å²) in [4.78, 5) is 4.18. The van der Waals surface area contributed by atoms with Crippen molar-refractivity contribution in [3.63, 3.8) is 0 Å². The fraction of sp³-hybridized carbons (Fsp3) is 0.200. The van der Waals surface area contributed by atoms with Crippen LogP contribution < -0.4 is 0 Å². The minimum atomic E-state index is -3.43. The molecule has 0 amide bonds. The molecule has 1 aromatic carbocycles. The van der Waals surface area contributed by atoms with Crippen LogP contribution in [0.2, 0.25) is 0 Å². The molecular weight excluding hydrogens is 272 g/mol. The van der Waals surface area contributed by atoms with Gasteiger partial charge in [-0.1, -0.05) is 12.1 Å². The van der Waals surface area contributed by atoms with Gasteiger partial charge in [-0.15, -0.1) is 0 Å². The molecule has 0 fully saturated rings. The van der Waals surface area contributed by atoms with Crippen molar-refractivity contribution < 1.29 is 8.42 Å². The first-order valence-corrected chi connectivity index (χ1v) is 7.72. The second-order valence-electron chi connectivity index (χ2n) is 4.69. The molecule has 1 heterocycles. The molecule has 4 nitrogen and oxygen atoms in total. The number of nitriles is 1. The van der Waals surface area contributed by atoms with Crippen molar-refractivity contribution in [3.8, 4) is 6.07 Å². The molecule has 0 saturated heterocycles. The molecule has 102 valence electrons. The molecule has 0 unspecified atom stereocenters. The van der Waals surface area contributed by atoms with Crippen LogP contribution in [0.5, 0.6) is 0 Å². The lowest BCUT2D eigenvalue weighted by atomic mass is 10.2. The molecule has 1 aromatic heterocycles. The summed E-state index contributed by atoms with van der Waals surface area (Å²) in [6, 6.07) is 10.4. The van der Waals surface area contributed by atoms with E-state index in [-0.39, 0.29) is 11.4 Å². The van der Waals surface area contributed by atoms with Gasteiger partial charge in [-0.05, 0) is 48.7 Å². The second kappa shape index (κ2) is 5.43. The van der Waals surface area contributed by atoms with Crippen molar-refractivity contribution >= 4 is 9.84 Å². The summed E-state index contributed by atoms with van der Waals surface area (Å²) >= 11 is 0. The van der Waals surface area contributed by atoms with E-state index in [2.05, 4.69) is 4.98 Å². The Morgan fingerprint density at radius 1 is 1.20 bits per heavy atom. The maximum Gasteiger partial charge on any atom is 0.182 e. The first-order valence-electron chi connectivity index (χ1n) is 6.07. The maximum atomic E-state index is 12.5. The maximum absolute atomic E-state index is 12.5. The number of rotatable bonds is 3. The highest BCUT2D eigenvalue weighted by atomic mass is 32.2. The van der Waals surface area contributed by atoms with Crippen LogP contribution in [0.3, 0.4) is 0 Å². The number of sulfone groups is 1. The lowest BCUT2D eigenvalue weighted by molar-refractivity contribution is 0.594. The number of aromatic nitrogens is 1. The average molecular weight is 286 g/mol. The summed E-state index contributed by atoms with van der Waals surface area (Å²) in [5.41, 5.74) is 2.42. The molecule has 2 aromatic rings. The molecule has 0 radical (unpaired) electrons. The zero-order valence-electron chi connectivity index (χ0n) is 11.3. The van der Waals surface area contributed by atoms with Crippen molar-refractivity contribution in [2.45, 2.75) is 24.5 Å². The van der Waals surface area contributed by atoms with Gasteiger partial charge in [0.05, 0.1) is 10.6 Å². The smallest absolute Gasteiger partial charge is 0.182 e. The Morgan fingerprint density at radius 2 is 1.95 bits per heavy atom. The van der Waals surface area contributed by atoms with Crippen LogP contribution >= 0.6 is 0 Å². The van der Waals surface area contributed by atoms with E-state index in [1.54, 1.807) is 25.1 Å². The van der Waals surface area contributed by atoms with Crippen molar-refractivity contribution in [1.82, 2.24) is 4.98 Å². The van der Waals surface area contributed by atoms with Gasteiger partial charge < -0.3 is 0 Å². The molecule has 0 bridgehead atoms. The van der Waals surface area contributed by atoms with Crippen LogP contribution in [0.15, 0.2) is 41.4 Å². The highest BCUT2D eigenvalue weighted by Gasteiger charge is 2.18. The Bertz CT molecular complexity index is 790. The van der Waals surface area contributed by atoms with Gasteiger partial charge in [-0.3, -0.25) is 0 Å². The van der Waals surface area contributed by atoms with E-state index in [9.17, 15) is 8.42 Å². The van der Waals surface area contributed by atoms with Crippen LogP contribution in [0.1, 0.15) is 22.4 Å². The summed E-state index contributed by atoms with van der Waals surface area (Å²) in [5, 5.41) is 8.80. The van der Waals surface area contributed by atoms with E-state index >= 15 is 0 Å². The largest absolute Gasteiger partial charge is 0.246 e. The molecule has 0 aliphatic carbocycles. The number of pyridine rings is 1. The Hall–Kier alpha value is -2.19. The zero-order valence-corrected chi connectivity index (χ0v) is 12.1. The van der Waals surface area contributed by atoms with Crippen LogP contribution in [0, 0.1) is 25.2 Å². The van der Waals surface area contributed by atoms with Crippen LogP contribution in [-0.2, 0) is 15.6 Å². The number of aryl methyl sites for hydroxylation is 2.